The lowest BCUT2D eigenvalue weighted by atomic mass is 10.1. The van der Waals surface area contributed by atoms with Crippen molar-refractivity contribution in [1.29, 1.82) is 0 Å². The number of nitrogens with two attached hydrogens (primary N) is 1. The quantitative estimate of drug-likeness (QED) is 0.606. The van der Waals surface area contributed by atoms with Crippen LogP contribution in [0.4, 0.5) is 5.69 Å². The molecule has 11 heavy (non-hydrogen) atoms. The highest BCUT2D eigenvalue weighted by molar-refractivity contribution is 7.04. The number of hydrogen-bond acceptors (Lipinski definition) is 3. The van der Waals surface area contributed by atoms with E-state index in [4.69, 9.17) is 5.73 Å². The van der Waals surface area contributed by atoms with Gasteiger partial charge in [0, 0.05) is 10.8 Å². The largest absolute Gasteiger partial charge is 0.397 e. The van der Waals surface area contributed by atoms with E-state index in [9.17, 15) is 0 Å². The summed E-state index contributed by atoms with van der Waals surface area (Å²) in [4.78, 5) is 0. The number of benzene rings is 1. The molecule has 2 rings (SSSR count). The van der Waals surface area contributed by atoms with Gasteiger partial charge >= 0.3 is 0 Å². The fourth-order valence-corrected chi connectivity index (χ4v) is 1.72. The minimum Gasteiger partial charge on any atom is -0.397 e. The van der Waals surface area contributed by atoms with Crippen LogP contribution in [0, 0.1) is 6.92 Å². The number of aromatic nitrogens is 1. The standard InChI is InChI=1S/C8H8N2S/c1-5-2-3-6-4-11-10-8(6)7(5)9/h2-4H,9H2,1H3. The number of fused-ring (bicyclic) bond motifs is 1. The molecule has 0 unspecified atom stereocenters. The van der Waals surface area contributed by atoms with E-state index in [1.165, 1.54) is 11.5 Å². The summed E-state index contributed by atoms with van der Waals surface area (Å²) >= 11 is 1.45. The molecule has 0 spiro atoms. The molecule has 0 aliphatic carbocycles. The van der Waals surface area contributed by atoms with Crippen LogP contribution in [0.3, 0.4) is 0 Å². The predicted molar refractivity (Wildman–Crippen MR) is 48.8 cm³/mol. The Balaban J connectivity index is 2.93. The molecule has 2 N–H and O–H groups in total. The highest BCUT2D eigenvalue weighted by Gasteiger charge is 2.01. The molecule has 0 bridgehead atoms. The lowest BCUT2D eigenvalue weighted by molar-refractivity contribution is 1.49. The lowest BCUT2D eigenvalue weighted by Gasteiger charge is -1.98. The van der Waals surface area contributed by atoms with Crippen molar-refractivity contribution in [3.8, 4) is 0 Å². The van der Waals surface area contributed by atoms with Crippen LogP contribution in [0.15, 0.2) is 17.5 Å². The molecule has 56 valence electrons. The fourth-order valence-electron chi connectivity index (χ4n) is 1.06. The van der Waals surface area contributed by atoms with Crippen molar-refractivity contribution >= 4 is 28.1 Å². The molecule has 2 aromatic rings. The van der Waals surface area contributed by atoms with E-state index < -0.39 is 0 Å². The Morgan fingerprint density at radius 1 is 1.45 bits per heavy atom. The predicted octanol–water partition coefficient (Wildman–Crippen LogP) is 2.19. The molecule has 0 aliphatic rings. The fraction of sp³-hybridized carbons (Fsp3) is 0.125. The van der Waals surface area contributed by atoms with Crippen LogP contribution >= 0.6 is 11.5 Å². The van der Waals surface area contributed by atoms with Crippen molar-refractivity contribution in [2.75, 3.05) is 5.73 Å². The summed E-state index contributed by atoms with van der Waals surface area (Å²) in [5.41, 5.74) is 8.66. The average molecular weight is 164 g/mol. The van der Waals surface area contributed by atoms with Crippen molar-refractivity contribution < 1.29 is 0 Å². The van der Waals surface area contributed by atoms with Crippen molar-refractivity contribution in [1.82, 2.24) is 4.37 Å². The zero-order valence-electron chi connectivity index (χ0n) is 6.16. The second kappa shape index (κ2) is 2.20. The van der Waals surface area contributed by atoms with Crippen LogP contribution < -0.4 is 5.73 Å². The van der Waals surface area contributed by atoms with Crippen LogP contribution in [-0.4, -0.2) is 4.37 Å². The molecule has 0 aliphatic heterocycles. The van der Waals surface area contributed by atoms with Crippen LogP contribution in [0.25, 0.3) is 10.9 Å². The smallest absolute Gasteiger partial charge is 0.107 e. The molecule has 1 aromatic heterocycles. The van der Waals surface area contributed by atoms with Crippen molar-refractivity contribution in [3.05, 3.63) is 23.1 Å². The van der Waals surface area contributed by atoms with Gasteiger partial charge in [-0.1, -0.05) is 12.1 Å². The van der Waals surface area contributed by atoms with Gasteiger partial charge in [0.2, 0.25) is 0 Å². The van der Waals surface area contributed by atoms with Gasteiger partial charge < -0.3 is 5.73 Å². The Kier molecular flexibility index (Phi) is 1.32. The van der Waals surface area contributed by atoms with Gasteiger partial charge in [0.05, 0.1) is 5.69 Å². The topological polar surface area (TPSA) is 38.9 Å². The summed E-state index contributed by atoms with van der Waals surface area (Å²) in [6.45, 7) is 1.99. The molecule has 1 aromatic carbocycles. The molecule has 2 nitrogen and oxygen atoms in total. The van der Waals surface area contributed by atoms with Gasteiger partial charge in [-0.25, -0.2) is 0 Å². The second-order valence-electron chi connectivity index (χ2n) is 2.55. The Hall–Kier alpha value is -1.09. The van der Waals surface area contributed by atoms with Crippen LogP contribution in [0.2, 0.25) is 0 Å². The molecule has 0 saturated heterocycles. The summed E-state index contributed by atoms with van der Waals surface area (Å²) in [5.74, 6) is 0. The van der Waals surface area contributed by atoms with E-state index in [2.05, 4.69) is 4.37 Å². The molecule has 0 amide bonds. The van der Waals surface area contributed by atoms with Gasteiger partial charge in [0.25, 0.3) is 0 Å². The molecule has 0 saturated carbocycles. The average Bonchev–Trinajstić information content (AvgIpc) is 2.45. The van der Waals surface area contributed by atoms with E-state index in [1.807, 2.05) is 24.4 Å². The van der Waals surface area contributed by atoms with Gasteiger partial charge in [-0.05, 0) is 24.0 Å². The molecule has 1 heterocycles. The van der Waals surface area contributed by atoms with Gasteiger partial charge in [-0.15, -0.1) is 0 Å². The molecule has 3 heteroatoms. The Labute approximate surface area is 68.8 Å². The summed E-state index contributed by atoms with van der Waals surface area (Å²) in [6.07, 6.45) is 0. The Morgan fingerprint density at radius 2 is 2.27 bits per heavy atom. The third kappa shape index (κ3) is 0.886. The first kappa shape index (κ1) is 6.61. The Morgan fingerprint density at radius 3 is 3.09 bits per heavy atom. The number of nitrogen functional groups attached to an aromatic ring is 1. The number of rotatable bonds is 0. The summed E-state index contributed by atoms with van der Waals surface area (Å²) < 4.78 is 4.20. The van der Waals surface area contributed by atoms with Crippen LogP contribution in [0.5, 0.6) is 0 Å². The minimum atomic E-state index is 0.809. The van der Waals surface area contributed by atoms with Gasteiger partial charge in [0.15, 0.2) is 0 Å². The summed E-state index contributed by atoms with van der Waals surface area (Å²) in [5, 5.41) is 3.14. The number of hydrogen-bond donors (Lipinski definition) is 1. The first-order valence-corrected chi connectivity index (χ1v) is 4.22. The van der Waals surface area contributed by atoms with E-state index in [-0.39, 0.29) is 0 Å². The number of nitrogens with zero attached hydrogens (tertiary/aromatic N) is 1. The Bertz CT molecular complexity index is 392. The van der Waals surface area contributed by atoms with Gasteiger partial charge in [-0.3, -0.25) is 0 Å². The molecule has 0 radical (unpaired) electrons. The summed E-state index contributed by atoms with van der Waals surface area (Å²) in [7, 11) is 0. The van der Waals surface area contributed by atoms with Gasteiger partial charge in [-0.2, -0.15) is 4.37 Å². The first-order valence-electron chi connectivity index (χ1n) is 3.38. The zero-order valence-corrected chi connectivity index (χ0v) is 6.98. The highest BCUT2D eigenvalue weighted by atomic mass is 32.1. The van der Waals surface area contributed by atoms with E-state index >= 15 is 0 Å². The number of anilines is 1. The highest BCUT2D eigenvalue weighted by Crippen LogP contribution is 2.23. The maximum atomic E-state index is 5.81. The second-order valence-corrected chi connectivity index (χ2v) is 3.18. The van der Waals surface area contributed by atoms with Crippen LogP contribution in [-0.2, 0) is 0 Å². The molecular weight excluding hydrogens is 156 g/mol. The third-order valence-electron chi connectivity index (χ3n) is 1.79. The maximum Gasteiger partial charge on any atom is 0.107 e. The maximum absolute atomic E-state index is 5.81. The van der Waals surface area contributed by atoms with Crippen molar-refractivity contribution in [2.24, 2.45) is 0 Å². The lowest BCUT2D eigenvalue weighted by Crippen LogP contribution is -1.89. The van der Waals surface area contributed by atoms with Crippen molar-refractivity contribution in [2.45, 2.75) is 6.92 Å². The van der Waals surface area contributed by atoms with E-state index in [1.54, 1.807) is 0 Å². The van der Waals surface area contributed by atoms with E-state index in [0.29, 0.717) is 0 Å². The minimum absolute atomic E-state index is 0.809. The SMILES string of the molecule is Cc1ccc2csnc2c1N. The normalized spacial score (nSPS) is 10.6. The molecule has 0 fully saturated rings. The van der Waals surface area contributed by atoms with Crippen LogP contribution in [0.1, 0.15) is 5.56 Å². The van der Waals surface area contributed by atoms with Crippen molar-refractivity contribution in [3.63, 3.8) is 0 Å². The van der Waals surface area contributed by atoms with E-state index in [0.717, 1.165) is 22.2 Å². The molecular formula is C8H8N2S. The first-order chi connectivity index (χ1) is 5.29. The number of aryl methyl sites for hydroxylation is 1. The van der Waals surface area contributed by atoms with Gasteiger partial charge in [0.1, 0.15) is 5.52 Å². The monoisotopic (exact) mass is 164 g/mol. The summed E-state index contributed by atoms with van der Waals surface area (Å²) in [6, 6.07) is 4.07. The zero-order chi connectivity index (χ0) is 7.84. The third-order valence-corrected chi connectivity index (χ3v) is 2.44. The molecule has 0 atom stereocenters.